The van der Waals surface area contributed by atoms with Crippen molar-refractivity contribution < 1.29 is 17.2 Å². The average molecular weight is 267 g/mol. The summed E-state index contributed by atoms with van der Waals surface area (Å²) < 4.78 is 48.2. The van der Waals surface area contributed by atoms with E-state index in [1.165, 1.54) is 0 Å². The first kappa shape index (κ1) is 12.7. The molecule has 0 radical (unpaired) electrons. The first-order chi connectivity index (χ1) is 7.33. The SMILES string of the molecule is NC(=S)NNS(=O)(=O)c1ccc(F)c(F)c1. The number of thiocarbonyl (C=S) groups is 1. The zero-order valence-corrected chi connectivity index (χ0v) is 9.33. The second kappa shape index (κ2) is 4.68. The summed E-state index contributed by atoms with van der Waals surface area (Å²) >= 11 is 4.37. The summed E-state index contributed by atoms with van der Waals surface area (Å²) in [6.07, 6.45) is 0. The first-order valence-corrected chi connectivity index (χ1v) is 5.74. The molecule has 0 saturated heterocycles. The van der Waals surface area contributed by atoms with Gasteiger partial charge in [-0.3, -0.25) is 5.43 Å². The van der Waals surface area contributed by atoms with Crippen LogP contribution in [-0.2, 0) is 10.0 Å². The molecule has 0 aliphatic heterocycles. The van der Waals surface area contributed by atoms with Crippen LogP contribution in [0.5, 0.6) is 0 Å². The number of benzene rings is 1. The highest BCUT2D eigenvalue weighted by molar-refractivity contribution is 7.89. The lowest BCUT2D eigenvalue weighted by atomic mass is 10.3. The quantitative estimate of drug-likeness (QED) is 0.530. The van der Waals surface area contributed by atoms with Gasteiger partial charge in [0, 0.05) is 0 Å². The minimum Gasteiger partial charge on any atom is -0.375 e. The summed E-state index contributed by atoms with van der Waals surface area (Å²) in [7, 11) is -4.03. The van der Waals surface area contributed by atoms with E-state index in [-0.39, 0.29) is 5.11 Å². The van der Waals surface area contributed by atoms with Gasteiger partial charge in [-0.05, 0) is 30.4 Å². The number of sulfonamides is 1. The normalized spacial score (nSPS) is 11.1. The smallest absolute Gasteiger partial charge is 0.257 e. The van der Waals surface area contributed by atoms with E-state index >= 15 is 0 Å². The van der Waals surface area contributed by atoms with Crippen LogP contribution in [0.25, 0.3) is 0 Å². The van der Waals surface area contributed by atoms with Gasteiger partial charge in [-0.15, -0.1) is 4.83 Å². The molecule has 0 aromatic heterocycles. The Hall–Kier alpha value is -1.32. The summed E-state index contributed by atoms with van der Waals surface area (Å²) in [5.74, 6) is -2.40. The Balaban J connectivity index is 2.99. The molecule has 0 saturated carbocycles. The Morgan fingerprint density at radius 3 is 2.44 bits per heavy atom. The predicted molar refractivity (Wildman–Crippen MR) is 56.6 cm³/mol. The maximum Gasteiger partial charge on any atom is 0.257 e. The third kappa shape index (κ3) is 3.08. The molecule has 0 heterocycles. The van der Waals surface area contributed by atoms with Crippen molar-refractivity contribution in [2.75, 3.05) is 0 Å². The summed E-state index contributed by atoms with van der Waals surface area (Å²) in [6.45, 7) is 0. The molecule has 4 N–H and O–H groups in total. The average Bonchev–Trinajstić information content (AvgIpc) is 2.19. The Bertz CT molecular complexity index is 518. The number of hydrogen-bond donors (Lipinski definition) is 3. The van der Waals surface area contributed by atoms with Gasteiger partial charge in [-0.2, -0.15) is 0 Å². The van der Waals surface area contributed by atoms with Crippen LogP contribution in [0.15, 0.2) is 23.1 Å². The molecular formula is C7H7F2N3O2S2. The van der Waals surface area contributed by atoms with Gasteiger partial charge in [0.05, 0.1) is 4.90 Å². The minimum atomic E-state index is -4.03. The second-order valence-corrected chi connectivity index (χ2v) is 4.79. The number of hydrogen-bond acceptors (Lipinski definition) is 3. The van der Waals surface area contributed by atoms with Crippen LogP contribution >= 0.6 is 12.2 Å². The van der Waals surface area contributed by atoms with Gasteiger partial charge >= 0.3 is 0 Å². The number of halogens is 2. The fourth-order valence-corrected chi connectivity index (χ4v) is 1.80. The molecule has 88 valence electrons. The predicted octanol–water partition coefficient (Wildman–Crippen LogP) is -0.00870. The van der Waals surface area contributed by atoms with Crippen molar-refractivity contribution in [3.05, 3.63) is 29.8 Å². The lowest BCUT2D eigenvalue weighted by Crippen LogP contribution is -2.44. The lowest BCUT2D eigenvalue weighted by Gasteiger charge is -2.07. The van der Waals surface area contributed by atoms with Gasteiger partial charge in [0.25, 0.3) is 10.0 Å². The largest absolute Gasteiger partial charge is 0.375 e. The summed E-state index contributed by atoms with van der Waals surface area (Å²) in [5, 5.41) is -0.300. The zero-order valence-electron chi connectivity index (χ0n) is 7.70. The van der Waals surface area contributed by atoms with Crippen LogP contribution in [0.4, 0.5) is 8.78 Å². The van der Waals surface area contributed by atoms with Gasteiger partial charge in [0.1, 0.15) is 0 Å². The van der Waals surface area contributed by atoms with Crippen LogP contribution in [0.1, 0.15) is 0 Å². The molecule has 9 heteroatoms. The van der Waals surface area contributed by atoms with E-state index in [0.717, 1.165) is 6.07 Å². The van der Waals surface area contributed by atoms with E-state index in [1.807, 2.05) is 5.43 Å². The molecule has 1 aromatic rings. The van der Waals surface area contributed by atoms with E-state index in [1.54, 1.807) is 4.83 Å². The zero-order chi connectivity index (χ0) is 12.3. The molecule has 0 amide bonds. The molecule has 0 bridgehead atoms. The Kier molecular flexibility index (Phi) is 3.73. The van der Waals surface area contributed by atoms with Crippen LogP contribution in [0.2, 0.25) is 0 Å². The van der Waals surface area contributed by atoms with E-state index in [4.69, 9.17) is 5.73 Å². The highest BCUT2D eigenvalue weighted by atomic mass is 32.2. The van der Waals surface area contributed by atoms with Crippen LogP contribution in [0, 0.1) is 11.6 Å². The molecule has 0 aliphatic carbocycles. The van der Waals surface area contributed by atoms with E-state index < -0.39 is 26.6 Å². The molecule has 16 heavy (non-hydrogen) atoms. The topological polar surface area (TPSA) is 84.2 Å². The maximum atomic E-state index is 12.8. The molecule has 1 rings (SSSR count). The van der Waals surface area contributed by atoms with Crippen LogP contribution < -0.4 is 16.0 Å². The Morgan fingerprint density at radius 2 is 1.94 bits per heavy atom. The van der Waals surface area contributed by atoms with Gasteiger partial charge in [0.2, 0.25) is 0 Å². The van der Waals surface area contributed by atoms with Gasteiger partial charge in [-0.25, -0.2) is 17.2 Å². The van der Waals surface area contributed by atoms with Crippen molar-refractivity contribution in [2.45, 2.75) is 4.90 Å². The number of rotatable bonds is 3. The van der Waals surface area contributed by atoms with Crippen molar-refractivity contribution in [2.24, 2.45) is 5.73 Å². The van der Waals surface area contributed by atoms with Crippen LogP contribution in [-0.4, -0.2) is 13.5 Å². The first-order valence-electron chi connectivity index (χ1n) is 3.85. The molecule has 5 nitrogen and oxygen atoms in total. The van der Waals surface area contributed by atoms with Crippen molar-refractivity contribution in [1.29, 1.82) is 0 Å². The standard InChI is InChI=1S/C7H7F2N3O2S2/c8-5-2-1-4(3-6(5)9)16(13,14)12-11-7(10)15/h1-3,12H,(H3,10,11,15). The maximum absolute atomic E-state index is 12.8. The molecule has 0 unspecified atom stereocenters. The lowest BCUT2D eigenvalue weighted by molar-refractivity contribution is 0.504. The van der Waals surface area contributed by atoms with Crippen LogP contribution in [0.3, 0.4) is 0 Å². The highest BCUT2D eigenvalue weighted by Gasteiger charge is 2.16. The molecule has 0 spiro atoms. The van der Waals surface area contributed by atoms with Gasteiger partial charge in [-0.1, -0.05) is 0 Å². The fraction of sp³-hybridized carbons (Fsp3) is 0. The third-order valence-corrected chi connectivity index (χ3v) is 2.86. The number of hydrazine groups is 1. The van der Waals surface area contributed by atoms with Crippen molar-refractivity contribution in [3.63, 3.8) is 0 Å². The van der Waals surface area contributed by atoms with E-state index in [9.17, 15) is 17.2 Å². The van der Waals surface area contributed by atoms with Gasteiger partial charge < -0.3 is 5.73 Å². The van der Waals surface area contributed by atoms with Crippen molar-refractivity contribution in [3.8, 4) is 0 Å². The summed E-state index contributed by atoms with van der Waals surface area (Å²) in [5.41, 5.74) is 6.96. The highest BCUT2D eigenvalue weighted by Crippen LogP contribution is 2.12. The summed E-state index contributed by atoms with van der Waals surface area (Å²) in [4.78, 5) is 1.34. The van der Waals surface area contributed by atoms with Gasteiger partial charge in [0.15, 0.2) is 16.7 Å². The minimum absolute atomic E-state index is 0.300. The fourth-order valence-electron chi connectivity index (χ4n) is 0.820. The monoisotopic (exact) mass is 267 g/mol. The van der Waals surface area contributed by atoms with E-state index in [2.05, 4.69) is 12.2 Å². The van der Waals surface area contributed by atoms with E-state index in [0.29, 0.717) is 12.1 Å². The molecule has 0 fully saturated rings. The van der Waals surface area contributed by atoms with Crippen molar-refractivity contribution in [1.82, 2.24) is 10.3 Å². The number of nitrogens with one attached hydrogen (secondary N) is 2. The molecular weight excluding hydrogens is 260 g/mol. The summed E-state index contributed by atoms with van der Waals surface area (Å²) in [6, 6.07) is 2.14. The van der Waals surface area contributed by atoms with Crippen molar-refractivity contribution >= 4 is 27.4 Å². The number of nitrogens with two attached hydrogens (primary N) is 1. The second-order valence-electron chi connectivity index (χ2n) is 2.67. The Morgan fingerprint density at radius 1 is 1.31 bits per heavy atom. The molecule has 1 aromatic carbocycles. The third-order valence-electron chi connectivity index (χ3n) is 1.51. The Labute approximate surface area is 95.7 Å². The molecule has 0 aliphatic rings. The molecule has 0 atom stereocenters.